The van der Waals surface area contributed by atoms with E-state index in [1.807, 2.05) is 0 Å². The highest BCUT2D eigenvalue weighted by Gasteiger charge is 2.02. The van der Waals surface area contributed by atoms with Crippen LogP contribution >= 0.6 is 0 Å². The fraction of sp³-hybridized carbons (Fsp3) is 0.625. The highest BCUT2D eigenvalue weighted by atomic mass is 16.5. The molecule has 0 unspecified atom stereocenters. The zero-order chi connectivity index (χ0) is 10.1. The molecular formula is C8H14O5. The number of aliphatic hydroxyl groups excluding tert-OH is 1. The fourth-order valence-electron chi connectivity index (χ4n) is 0.542. The van der Waals surface area contributed by atoms with Gasteiger partial charge in [0.15, 0.2) is 0 Å². The minimum Gasteiger partial charge on any atom is -0.478 e. The third-order valence-electron chi connectivity index (χ3n) is 1.19. The largest absolute Gasteiger partial charge is 0.478 e. The van der Waals surface area contributed by atoms with Gasteiger partial charge in [-0.15, -0.1) is 0 Å². The number of carboxylic acids is 1. The monoisotopic (exact) mass is 190 g/mol. The second-order valence-electron chi connectivity index (χ2n) is 2.30. The number of aliphatic carboxylic acids is 1. The first-order chi connectivity index (χ1) is 6.18. The fourth-order valence-corrected chi connectivity index (χ4v) is 0.542. The second kappa shape index (κ2) is 7.72. The van der Waals surface area contributed by atoms with Crippen LogP contribution in [0.2, 0.25) is 0 Å². The van der Waals surface area contributed by atoms with Crippen molar-refractivity contribution in [2.45, 2.75) is 0 Å². The normalized spacial score (nSPS) is 9.92. The molecule has 76 valence electrons. The van der Waals surface area contributed by atoms with Crippen molar-refractivity contribution < 1.29 is 24.5 Å². The van der Waals surface area contributed by atoms with E-state index in [-0.39, 0.29) is 25.4 Å². The molecule has 0 rings (SSSR count). The third-order valence-corrected chi connectivity index (χ3v) is 1.19. The van der Waals surface area contributed by atoms with Gasteiger partial charge in [-0.1, -0.05) is 6.58 Å². The van der Waals surface area contributed by atoms with Crippen LogP contribution in [0.1, 0.15) is 0 Å². The van der Waals surface area contributed by atoms with Gasteiger partial charge in [0, 0.05) is 0 Å². The summed E-state index contributed by atoms with van der Waals surface area (Å²) in [7, 11) is 0. The molecule has 0 fully saturated rings. The quantitative estimate of drug-likeness (QED) is 0.404. The average molecular weight is 190 g/mol. The van der Waals surface area contributed by atoms with Crippen molar-refractivity contribution in [3.8, 4) is 0 Å². The minimum atomic E-state index is -1.06. The van der Waals surface area contributed by atoms with Gasteiger partial charge in [-0.25, -0.2) is 4.79 Å². The van der Waals surface area contributed by atoms with Gasteiger partial charge in [0.05, 0.1) is 38.6 Å². The van der Waals surface area contributed by atoms with E-state index in [2.05, 4.69) is 6.58 Å². The topological polar surface area (TPSA) is 76.0 Å². The molecule has 0 amide bonds. The molecule has 0 saturated heterocycles. The van der Waals surface area contributed by atoms with Gasteiger partial charge in [-0.3, -0.25) is 0 Å². The Morgan fingerprint density at radius 2 is 1.85 bits per heavy atom. The number of aliphatic hydroxyl groups is 1. The van der Waals surface area contributed by atoms with Gasteiger partial charge in [-0.2, -0.15) is 0 Å². The molecule has 0 aromatic carbocycles. The summed E-state index contributed by atoms with van der Waals surface area (Å²) < 4.78 is 9.79. The number of rotatable bonds is 8. The number of hydrogen-bond acceptors (Lipinski definition) is 4. The molecule has 0 radical (unpaired) electrons. The second-order valence-corrected chi connectivity index (χ2v) is 2.30. The molecule has 0 heterocycles. The maximum atomic E-state index is 10.2. The first-order valence-corrected chi connectivity index (χ1v) is 3.86. The van der Waals surface area contributed by atoms with E-state index < -0.39 is 5.97 Å². The molecule has 0 saturated carbocycles. The van der Waals surface area contributed by atoms with Crippen LogP contribution in [0.3, 0.4) is 0 Å². The Bertz CT molecular complexity index is 166. The van der Waals surface area contributed by atoms with Gasteiger partial charge < -0.3 is 19.7 Å². The lowest BCUT2D eigenvalue weighted by molar-refractivity contribution is -0.133. The minimum absolute atomic E-state index is 0.00216. The molecule has 0 aliphatic heterocycles. The van der Waals surface area contributed by atoms with E-state index in [1.165, 1.54) is 0 Å². The van der Waals surface area contributed by atoms with E-state index in [0.29, 0.717) is 13.2 Å². The maximum absolute atomic E-state index is 10.2. The van der Waals surface area contributed by atoms with Crippen LogP contribution in [0.15, 0.2) is 12.2 Å². The SMILES string of the molecule is C=C(COCCOCCO)C(=O)O. The predicted molar refractivity (Wildman–Crippen MR) is 45.5 cm³/mol. The lowest BCUT2D eigenvalue weighted by atomic mass is 10.3. The standard InChI is InChI=1S/C8H14O5/c1-7(8(10)11)6-13-5-4-12-3-2-9/h9H,1-6H2,(H,10,11). The first kappa shape index (κ1) is 12.1. The van der Waals surface area contributed by atoms with Crippen LogP contribution in [0, 0.1) is 0 Å². The molecule has 0 bridgehead atoms. The van der Waals surface area contributed by atoms with Crippen molar-refractivity contribution >= 4 is 5.97 Å². The number of carbonyl (C=O) groups is 1. The van der Waals surface area contributed by atoms with Crippen LogP contribution in [0.25, 0.3) is 0 Å². The summed E-state index contributed by atoms with van der Waals surface area (Å²) >= 11 is 0. The Balaban J connectivity index is 3.16. The van der Waals surface area contributed by atoms with Crippen molar-refractivity contribution in [1.29, 1.82) is 0 Å². The molecule has 0 aromatic heterocycles. The van der Waals surface area contributed by atoms with E-state index in [0.717, 1.165) is 0 Å². The Hall–Kier alpha value is -0.910. The van der Waals surface area contributed by atoms with E-state index in [4.69, 9.17) is 19.7 Å². The third kappa shape index (κ3) is 7.45. The number of hydrogen-bond donors (Lipinski definition) is 2. The summed E-state index contributed by atoms with van der Waals surface area (Å²) in [4.78, 5) is 10.2. The molecule has 5 nitrogen and oxygen atoms in total. The lowest BCUT2D eigenvalue weighted by Crippen LogP contribution is -2.11. The van der Waals surface area contributed by atoms with E-state index >= 15 is 0 Å². The van der Waals surface area contributed by atoms with Crippen LogP contribution < -0.4 is 0 Å². The van der Waals surface area contributed by atoms with Crippen molar-refractivity contribution in [3.05, 3.63) is 12.2 Å². The van der Waals surface area contributed by atoms with Gasteiger partial charge in [0.2, 0.25) is 0 Å². The molecule has 2 N–H and O–H groups in total. The summed E-state index contributed by atoms with van der Waals surface area (Å²) in [5, 5.41) is 16.7. The lowest BCUT2D eigenvalue weighted by Gasteiger charge is -2.03. The van der Waals surface area contributed by atoms with Crippen molar-refractivity contribution in [2.24, 2.45) is 0 Å². The smallest absolute Gasteiger partial charge is 0.333 e. The summed E-state index contributed by atoms with van der Waals surface area (Å²) in [6.45, 7) is 4.16. The van der Waals surface area contributed by atoms with Crippen LogP contribution in [-0.4, -0.2) is 49.2 Å². The Morgan fingerprint density at radius 1 is 1.23 bits per heavy atom. The molecular weight excluding hydrogens is 176 g/mol. The summed E-state index contributed by atoms with van der Waals surface area (Å²) in [5.41, 5.74) is 0.0159. The average Bonchev–Trinajstić information content (AvgIpc) is 2.10. The van der Waals surface area contributed by atoms with Gasteiger partial charge >= 0.3 is 5.97 Å². The zero-order valence-corrected chi connectivity index (χ0v) is 7.36. The van der Waals surface area contributed by atoms with Crippen molar-refractivity contribution in [3.63, 3.8) is 0 Å². The molecule has 13 heavy (non-hydrogen) atoms. The highest BCUT2D eigenvalue weighted by Crippen LogP contribution is 1.90. The highest BCUT2D eigenvalue weighted by molar-refractivity contribution is 5.85. The summed E-state index contributed by atoms with van der Waals surface area (Å²) in [6.07, 6.45) is 0. The van der Waals surface area contributed by atoms with Crippen molar-refractivity contribution in [2.75, 3.05) is 33.0 Å². The van der Waals surface area contributed by atoms with Crippen LogP contribution in [0.5, 0.6) is 0 Å². The molecule has 0 atom stereocenters. The summed E-state index contributed by atoms with van der Waals surface area (Å²) in [5.74, 6) is -1.06. The van der Waals surface area contributed by atoms with Gasteiger partial charge in [0.25, 0.3) is 0 Å². The zero-order valence-electron chi connectivity index (χ0n) is 7.36. The van der Waals surface area contributed by atoms with E-state index in [1.54, 1.807) is 0 Å². The maximum Gasteiger partial charge on any atom is 0.333 e. The molecule has 0 aromatic rings. The van der Waals surface area contributed by atoms with Gasteiger partial charge in [0.1, 0.15) is 0 Å². The molecule has 0 aliphatic carbocycles. The molecule has 0 spiro atoms. The van der Waals surface area contributed by atoms with Crippen LogP contribution in [0.4, 0.5) is 0 Å². The van der Waals surface area contributed by atoms with Gasteiger partial charge in [-0.05, 0) is 0 Å². The molecule has 5 heteroatoms. The Morgan fingerprint density at radius 3 is 2.38 bits per heavy atom. The molecule has 0 aliphatic rings. The number of carboxylic acid groups (broad SMARTS) is 1. The number of ether oxygens (including phenoxy) is 2. The van der Waals surface area contributed by atoms with Crippen molar-refractivity contribution in [1.82, 2.24) is 0 Å². The van der Waals surface area contributed by atoms with E-state index in [9.17, 15) is 4.79 Å². The Kier molecular flexibility index (Phi) is 7.18. The Labute approximate surface area is 76.6 Å². The van der Waals surface area contributed by atoms with Crippen LogP contribution in [-0.2, 0) is 14.3 Å². The first-order valence-electron chi connectivity index (χ1n) is 3.86. The predicted octanol–water partition coefficient (Wildman–Crippen LogP) is -0.347. The summed E-state index contributed by atoms with van der Waals surface area (Å²) in [6, 6.07) is 0.